The molecule has 0 saturated carbocycles. The topological polar surface area (TPSA) is 272 Å². The van der Waals surface area contributed by atoms with E-state index < -0.39 is 84.9 Å². The molecule has 0 bridgehead atoms. The second kappa shape index (κ2) is 23.0. The third-order valence-electron chi connectivity index (χ3n) is 13.2. The van der Waals surface area contributed by atoms with E-state index in [1.807, 2.05) is 74.0 Å². The van der Waals surface area contributed by atoms with Crippen LogP contribution < -0.4 is 26.2 Å². The zero-order chi connectivity index (χ0) is 53.6. The first kappa shape index (κ1) is 57.1. The summed E-state index contributed by atoms with van der Waals surface area (Å²) in [6.45, 7) is 9.15. The Hall–Kier alpha value is -5.78. The van der Waals surface area contributed by atoms with Gasteiger partial charge >= 0.3 is 5.97 Å². The zero-order valence-electron chi connectivity index (χ0n) is 42.7. The monoisotopic (exact) mass is 1040 g/mol. The first-order valence-electron chi connectivity index (χ1n) is 23.9. The molecule has 1 aliphatic carbocycles. The van der Waals surface area contributed by atoms with Crippen molar-refractivity contribution in [1.82, 2.24) is 26.2 Å². The van der Waals surface area contributed by atoms with Gasteiger partial charge in [-0.1, -0.05) is 56.7 Å². The number of hydrogen-bond donors (Lipinski definition) is 7. The number of amides is 3. The summed E-state index contributed by atoms with van der Waals surface area (Å²) < 4.78 is 71.6. The highest BCUT2D eigenvalue weighted by molar-refractivity contribution is 7.86. The lowest BCUT2D eigenvalue weighted by atomic mass is 9.77. The summed E-state index contributed by atoms with van der Waals surface area (Å²) in [5, 5.41) is 18.8. The second-order valence-corrected chi connectivity index (χ2v) is 23.8. The Morgan fingerprint density at radius 1 is 0.806 bits per heavy atom. The molecule has 0 saturated heterocycles. The lowest BCUT2D eigenvalue weighted by molar-refractivity contribution is -0.870. The number of fused-ring (bicyclic) bond motifs is 2. The van der Waals surface area contributed by atoms with Crippen LogP contribution in [0.4, 0.5) is 11.4 Å². The van der Waals surface area contributed by atoms with Crippen LogP contribution in [-0.4, -0.2) is 172 Å². The van der Waals surface area contributed by atoms with Gasteiger partial charge in [-0.3, -0.25) is 38.0 Å². The molecule has 0 fully saturated rings. The lowest BCUT2D eigenvalue weighted by Gasteiger charge is -2.32. The standard InChI is InChI=1S/C50H70N8O12S2/c1-49(2)35-19-12-14-21-39(35)56(6)41(49)27-33-45(34(46(33)62)28-42-50(3,4)36-20-13-15-22-40(36)57(42)25-17-18-26-58(7,8)9)54-38(31-72(68,69)70)47(63)51-29-43(59)53-37(30-71(65,66)67)48(64)52-32-55(5)24-16-10-11-23-44(60)61/h12-15,19-22,27-28,37-38H,10-11,16-18,23-26,29-32H2,1-9H3,(H5-2,51,52,53,54,59,60,61,62,63,64,65,66,67,68,69,70)/p+2. The smallest absolute Gasteiger partial charge is 0.303 e. The first-order valence-corrected chi connectivity index (χ1v) is 27.2. The third-order valence-corrected chi connectivity index (χ3v) is 14.7. The number of nitrogens with zero attached hydrogens (tertiary/aromatic N) is 4. The Morgan fingerprint density at radius 2 is 1.42 bits per heavy atom. The van der Waals surface area contributed by atoms with E-state index in [2.05, 4.69) is 61.2 Å². The van der Waals surface area contributed by atoms with Crippen molar-refractivity contribution in [1.29, 1.82) is 0 Å². The maximum absolute atomic E-state index is 14.7. The van der Waals surface area contributed by atoms with E-state index in [1.165, 1.54) is 0 Å². The van der Waals surface area contributed by atoms with Crippen LogP contribution in [0.2, 0.25) is 0 Å². The number of quaternary nitrogens is 1. The van der Waals surface area contributed by atoms with Crippen LogP contribution in [0.5, 0.6) is 0 Å². The van der Waals surface area contributed by atoms with E-state index in [-0.39, 0.29) is 35.7 Å². The van der Waals surface area contributed by atoms with Gasteiger partial charge in [-0.15, -0.1) is 0 Å². The first-order chi connectivity index (χ1) is 33.4. The van der Waals surface area contributed by atoms with Gasteiger partial charge in [0.2, 0.25) is 23.4 Å². The molecule has 2 aromatic carbocycles. The second-order valence-electron chi connectivity index (χ2n) is 20.8. The van der Waals surface area contributed by atoms with Gasteiger partial charge in [0.1, 0.15) is 30.6 Å². The summed E-state index contributed by atoms with van der Waals surface area (Å²) in [7, 11) is 0.160. The quantitative estimate of drug-likeness (QED) is 0.0178. The number of allylic oxidation sites excluding steroid dienone is 5. The normalized spacial score (nSPS) is 18.2. The fourth-order valence-electron chi connectivity index (χ4n) is 9.36. The van der Waals surface area contributed by atoms with E-state index in [0.29, 0.717) is 32.4 Å². The Bertz CT molecular complexity index is 2790. The molecule has 3 amide bonds. The van der Waals surface area contributed by atoms with Crippen molar-refractivity contribution < 1.29 is 64.1 Å². The van der Waals surface area contributed by atoms with Gasteiger partial charge in [0.05, 0.1) is 57.6 Å². The summed E-state index contributed by atoms with van der Waals surface area (Å²) >= 11 is 0. The van der Waals surface area contributed by atoms with E-state index in [0.717, 1.165) is 57.8 Å². The Kier molecular flexibility index (Phi) is 18.2. The Balaban J connectivity index is 1.46. The minimum atomic E-state index is -4.92. The molecule has 2 atom stereocenters. The largest absolute Gasteiger partial charge is 0.481 e. The number of unbranched alkanes of at least 4 members (excludes halogenated alkanes) is 3. The highest BCUT2D eigenvalue weighted by atomic mass is 32.2. The van der Waals surface area contributed by atoms with Crippen LogP contribution in [-0.2, 0) is 55.0 Å². The fraction of sp³-hybridized carbons (Fsp3) is 0.520. The van der Waals surface area contributed by atoms with Crippen LogP contribution >= 0.6 is 0 Å². The number of carboxylic acid groups (broad SMARTS) is 1. The summed E-state index contributed by atoms with van der Waals surface area (Å²) in [5.74, 6) is -6.87. The van der Waals surface area contributed by atoms with Crippen molar-refractivity contribution in [3.8, 4) is 0 Å². The van der Waals surface area contributed by atoms with Crippen molar-refractivity contribution >= 4 is 66.8 Å². The van der Waals surface area contributed by atoms with Crippen molar-refractivity contribution in [2.45, 2.75) is 89.1 Å². The summed E-state index contributed by atoms with van der Waals surface area (Å²) in [4.78, 5) is 69.8. The van der Waals surface area contributed by atoms with Gasteiger partial charge in [0.25, 0.3) is 20.2 Å². The van der Waals surface area contributed by atoms with Crippen molar-refractivity contribution in [2.24, 2.45) is 0 Å². The molecular weight excluding hydrogens is 969 g/mol. The fourth-order valence-corrected chi connectivity index (χ4v) is 10.7. The number of Topliss-reactive ketones (excluding diaryl/α,β-unsaturated/α-hetero) is 1. The number of carboxylic acids is 1. The average molecular weight is 1040 g/mol. The molecule has 7 N–H and O–H groups in total. The zero-order valence-corrected chi connectivity index (χ0v) is 44.4. The van der Waals surface area contributed by atoms with Crippen LogP contribution in [0.15, 0.2) is 83.2 Å². The molecule has 22 heteroatoms. The van der Waals surface area contributed by atoms with Gasteiger partial charge < -0.3 is 35.8 Å². The Morgan fingerprint density at radius 3 is 2.04 bits per heavy atom. The molecule has 20 nitrogen and oxygen atoms in total. The number of aliphatic carboxylic acids is 1. The molecule has 394 valence electrons. The third kappa shape index (κ3) is 14.7. The van der Waals surface area contributed by atoms with Gasteiger partial charge in [0, 0.05) is 53.0 Å². The minimum Gasteiger partial charge on any atom is -0.481 e. The molecule has 72 heavy (non-hydrogen) atoms. The van der Waals surface area contributed by atoms with Gasteiger partial charge in [-0.2, -0.15) is 21.4 Å². The molecule has 0 aromatic heterocycles. The number of benzene rings is 2. The summed E-state index contributed by atoms with van der Waals surface area (Å²) in [6, 6.07) is 12.1. The number of carbonyl (C=O) groups is 5. The number of nitrogens with one attached hydrogen (secondary N) is 4. The van der Waals surface area contributed by atoms with Crippen molar-refractivity contribution in [3.05, 3.63) is 94.4 Å². The van der Waals surface area contributed by atoms with E-state index >= 15 is 0 Å². The molecule has 0 radical (unpaired) electrons. The maximum atomic E-state index is 14.7. The molecule has 3 aliphatic rings. The number of hydrogen-bond acceptors (Lipinski definition) is 12. The van der Waals surface area contributed by atoms with Crippen LogP contribution in [0.1, 0.15) is 77.3 Å². The molecular formula is C50H72N8O12S2+2. The van der Waals surface area contributed by atoms with Crippen LogP contribution in [0.3, 0.4) is 0 Å². The molecule has 0 spiro atoms. The van der Waals surface area contributed by atoms with Crippen molar-refractivity contribution in [2.75, 3.05) is 84.5 Å². The Labute approximate surface area is 423 Å². The highest BCUT2D eigenvalue weighted by Crippen LogP contribution is 2.49. The predicted octanol–water partition coefficient (Wildman–Crippen LogP) is 2.61. The highest BCUT2D eigenvalue weighted by Gasteiger charge is 2.47. The van der Waals surface area contributed by atoms with Crippen LogP contribution in [0, 0.1) is 0 Å². The van der Waals surface area contributed by atoms with Crippen molar-refractivity contribution in [3.63, 3.8) is 0 Å². The maximum Gasteiger partial charge on any atom is 0.303 e. The van der Waals surface area contributed by atoms with Gasteiger partial charge in [0.15, 0.2) is 11.5 Å². The molecule has 2 heterocycles. The number of ketones is 1. The molecule has 2 aromatic rings. The van der Waals surface area contributed by atoms with Crippen LogP contribution in [0.25, 0.3) is 0 Å². The predicted molar refractivity (Wildman–Crippen MR) is 274 cm³/mol. The SMILES string of the molecule is CN(CCCCCC(=O)O)CNC(=O)C(CS(=O)(=O)O)NC(=O)CNC(=O)C(CS(=O)(=O)O)NC1=C(/C=C2/N(CCCC[N+](C)(C)C)c3ccccc3C2(C)C)C(=O)/C1=C\C1=[N+](C)c2ccccc2C1(C)C. The number of rotatable bonds is 26. The number of carbonyl (C=O) groups excluding carboxylic acids is 4. The summed E-state index contributed by atoms with van der Waals surface area (Å²) in [6.07, 6.45) is 6.94. The number of para-hydroxylation sites is 2. The lowest BCUT2D eigenvalue weighted by Crippen LogP contribution is -2.55. The minimum absolute atomic E-state index is 0.0180. The molecule has 5 rings (SSSR count). The van der Waals surface area contributed by atoms with E-state index in [4.69, 9.17) is 5.11 Å². The average Bonchev–Trinajstić information content (AvgIpc) is 3.61. The summed E-state index contributed by atoms with van der Waals surface area (Å²) in [5.41, 5.74) is 4.68. The molecule has 2 aliphatic heterocycles. The number of anilines is 1. The van der Waals surface area contributed by atoms with Gasteiger partial charge in [-0.25, -0.2) is 0 Å². The van der Waals surface area contributed by atoms with E-state index in [1.54, 1.807) is 24.1 Å². The van der Waals surface area contributed by atoms with Gasteiger partial charge in [-0.05, 0) is 70.8 Å². The van der Waals surface area contributed by atoms with E-state index in [9.17, 15) is 49.9 Å². The molecule has 2 unspecified atom stereocenters.